The van der Waals surface area contributed by atoms with Crippen molar-refractivity contribution in [3.05, 3.63) is 71.7 Å². The van der Waals surface area contributed by atoms with Crippen molar-refractivity contribution >= 4 is 16.8 Å². The van der Waals surface area contributed by atoms with Gasteiger partial charge in [-0.1, -0.05) is 24.3 Å². The molecule has 1 N–H and O–H groups in total. The van der Waals surface area contributed by atoms with Crippen LogP contribution in [0.5, 0.6) is 0 Å². The third kappa shape index (κ3) is 3.42. The van der Waals surface area contributed by atoms with Crippen molar-refractivity contribution in [2.45, 2.75) is 19.3 Å². The molecule has 1 aliphatic heterocycles. The Hall–Kier alpha value is -3.41. The fraction of sp³-hybridized carbons (Fsp3) is 0.261. The molecule has 0 bridgehead atoms. The minimum absolute atomic E-state index is 0.123. The number of aromatic nitrogens is 4. The van der Waals surface area contributed by atoms with Crippen LogP contribution in [0, 0.1) is 0 Å². The first-order chi connectivity index (χ1) is 14.2. The summed E-state index contributed by atoms with van der Waals surface area (Å²) in [5, 5.41) is 12.8. The monoisotopic (exact) mass is 385 g/mol. The number of rotatable bonds is 4. The van der Waals surface area contributed by atoms with Crippen LogP contribution in [0.3, 0.4) is 0 Å². The molecule has 6 nitrogen and oxygen atoms in total. The molecule has 0 atom stereocenters. The van der Waals surface area contributed by atoms with Crippen LogP contribution in [0.15, 0.2) is 54.9 Å². The summed E-state index contributed by atoms with van der Waals surface area (Å²) in [4.78, 5) is 14.7. The number of likely N-dealkylation sites (tertiary alicyclic amines) is 1. The molecule has 4 aromatic rings. The Morgan fingerprint density at radius 2 is 1.86 bits per heavy atom. The van der Waals surface area contributed by atoms with Crippen molar-refractivity contribution in [3.8, 4) is 11.1 Å². The zero-order valence-corrected chi connectivity index (χ0v) is 16.4. The summed E-state index contributed by atoms with van der Waals surface area (Å²) in [6.07, 6.45) is 6.82. The number of benzene rings is 2. The maximum atomic E-state index is 12.7. The second-order valence-corrected chi connectivity index (χ2v) is 7.71. The minimum atomic E-state index is 0.123. The second-order valence-electron chi connectivity index (χ2n) is 7.71. The highest BCUT2D eigenvalue weighted by molar-refractivity contribution is 5.98. The van der Waals surface area contributed by atoms with E-state index in [1.165, 1.54) is 5.56 Å². The standard InChI is InChI=1S/C23H23N5O/c1-27-15-19(14-24-27)17-6-4-16(5-7-17)12-22-20-13-18(8-9-21(20)25-26-22)23(29)28-10-2-3-11-28/h4-9,13-15H,2-3,10-12H2,1H3,(H,25,26). The average molecular weight is 385 g/mol. The number of amides is 1. The molecule has 146 valence electrons. The Balaban J connectivity index is 1.40. The van der Waals surface area contributed by atoms with E-state index in [1.807, 2.05) is 42.5 Å². The molecule has 0 spiro atoms. The summed E-state index contributed by atoms with van der Waals surface area (Å²) in [6, 6.07) is 14.3. The first kappa shape index (κ1) is 17.7. The van der Waals surface area contributed by atoms with Crippen molar-refractivity contribution in [3.63, 3.8) is 0 Å². The Labute approximate surface area is 169 Å². The third-order valence-corrected chi connectivity index (χ3v) is 5.65. The fourth-order valence-corrected chi connectivity index (χ4v) is 4.02. The Bertz CT molecular complexity index is 1170. The summed E-state index contributed by atoms with van der Waals surface area (Å²) in [5.74, 6) is 0.123. The molecule has 2 aromatic carbocycles. The number of carbonyl (C=O) groups excluding carboxylic acids is 1. The Morgan fingerprint density at radius 3 is 2.59 bits per heavy atom. The molecule has 0 radical (unpaired) electrons. The molecule has 2 aromatic heterocycles. The van der Waals surface area contributed by atoms with Gasteiger partial charge in [0.2, 0.25) is 0 Å². The number of aryl methyl sites for hydroxylation is 1. The van der Waals surface area contributed by atoms with Gasteiger partial charge in [-0.25, -0.2) is 0 Å². The third-order valence-electron chi connectivity index (χ3n) is 5.65. The highest BCUT2D eigenvalue weighted by Gasteiger charge is 2.20. The Morgan fingerprint density at radius 1 is 1.07 bits per heavy atom. The van der Waals surface area contributed by atoms with E-state index in [1.54, 1.807) is 4.68 Å². The van der Waals surface area contributed by atoms with Crippen LogP contribution in [0.25, 0.3) is 22.0 Å². The maximum Gasteiger partial charge on any atom is 0.253 e. The fourth-order valence-electron chi connectivity index (χ4n) is 4.02. The van der Waals surface area contributed by atoms with E-state index in [2.05, 4.69) is 39.6 Å². The highest BCUT2D eigenvalue weighted by atomic mass is 16.2. The Kier molecular flexibility index (Phi) is 4.39. The van der Waals surface area contributed by atoms with Gasteiger partial charge in [0.15, 0.2) is 0 Å². The van der Waals surface area contributed by atoms with Gasteiger partial charge in [-0.3, -0.25) is 14.6 Å². The number of H-pyrrole nitrogens is 1. The molecule has 1 saturated heterocycles. The predicted octanol–water partition coefficient (Wildman–Crippen LogP) is 3.79. The van der Waals surface area contributed by atoms with Crippen molar-refractivity contribution in [1.82, 2.24) is 24.9 Å². The number of nitrogens with one attached hydrogen (secondary N) is 1. The summed E-state index contributed by atoms with van der Waals surface area (Å²) in [5.41, 5.74) is 6.12. The maximum absolute atomic E-state index is 12.7. The van der Waals surface area contributed by atoms with E-state index < -0.39 is 0 Å². The number of hydrogen-bond acceptors (Lipinski definition) is 3. The lowest BCUT2D eigenvalue weighted by molar-refractivity contribution is 0.0793. The topological polar surface area (TPSA) is 66.8 Å². The van der Waals surface area contributed by atoms with E-state index >= 15 is 0 Å². The summed E-state index contributed by atoms with van der Waals surface area (Å²) < 4.78 is 1.81. The molecule has 1 amide bonds. The molecule has 0 unspecified atom stereocenters. The van der Waals surface area contributed by atoms with Gasteiger partial charge in [-0.2, -0.15) is 10.2 Å². The van der Waals surface area contributed by atoms with Crippen LogP contribution in [0.4, 0.5) is 0 Å². The number of fused-ring (bicyclic) bond motifs is 1. The van der Waals surface area contributed by atoms with Crippen molar-refractivity contribution in [1.29, 1.82) is 0 Å². The second kappa shape index (κ2) is 7.20. The smallest absolute Gasteiger partial charge is 0.253 e. The number of aromatic amines is 1. The molecule has 0 aliphatic carbocycles. The molecular formula is C23H23N5O. The summed E-state index contributed by atoms with van der Waals surface area (Å²) in [6.45, 7) is 1.72. The zero-order valence-electron chi connectivity index (χ0n) is 16.4. The summed E-state index contributed by atoms with van der Waals surface area (Å²) >= 11 is 0. The predicted molar refractivity (Wildman–Crippen MR) is 113 cm³/mol. The van der Waals surface area contributed by atoms with E-state index in [0.29, 0.717) is 0 Å². The molecular weight excluding hydrogens is 362 g/mol. The molecule has 29 heavy (non-hydrogen) atoms. The number of nitrogens with zero attached hydrogens (tertiary/aromatic N) is 4. The van der Waals surface area contributed by atoms with Crippen LogP contribution < -0.4 is 0 Å². The van der Waals surface area contributed by atoms with Crippen LogP contribution in [-0.2, 0) is 13.5 Å². The van der Waals surface area contributed by atoms with Crippen LogP contribution in [0.1, 0.15) is 34.5 Å². The van der Waals surface area contributed by atoms with Crippen LogP contribution in [-0.4, -0.2) is 43.9 Å². The summed E-state index contributed by atoms with van der Waals surface area (Å²) in [7, 11) is 1.92. The van der Waals surface area contributed by atoms with Crippen LogP contribution in [0.2, 0.25) is 0 Å². The molecule has 0 saturated carbocycles. The van der Waals surface area contributed by atoms with Gasteiger partial charge in [-0.05, 0) is 42.2 Å². The molecule has 6 heteroatoms. The minimum Gasteiger partial charge on any atom is -0.339 e. The average Bonchev–Trinajstić information content (AvgIpc) is 3.49. The van der Waals surface area contributed by atoms with Gasteiger partial charge in [0, 0.05) is 55.0 Å². The number of carbonyl (C=O) groups is 1. The van der Waals surface area contributed by atoms with Crippen molar-refractivity contribution < 1.29 is 4.79 Å². The van der Waals surface area contributed by atoms with Crippen LogP contribution >= 0.6 is 0 Å². The lowest BCUT2D eigenvalue weighted by Gasteiger charge is -2.15. The lowest BCUT2D eigenvalue weighted by Crippen LogP contribution is -2.27. The van der Waals surface area contributed by atoms with Gasteiger partial charge in [0.1, 0.15) is 0 Å². The van der Waals surface area contributed by atoms with Gasteiger partial charge in [-0.15, -0.1) is 0 Å². The quantitative estimate of drug-likeness (QED) is 0.581. The normalized spacial score (nSPS) is 14.0. The highest BCUT2D eigenvalue weighted by Crippen LogP contribution is 2.24. The molecule has 1 aliphatic rings. The largest absolute Gasteiger partial charge is 0.339 e. The van der Waals surface area contributed by atoms with Gasteiger partial charge < -0.3 is 4.90 Å². The van der Waals surface area contributed by atoms with Gasteiger partial charge >= 0.3 is 0 Å². The van der Waals surface area contributed by atoms with Crippen molar-refractivity contribution in [2.75, 3.05) is 13.1 Å². The van der Waals surface area contributed by atoms with E-state index in [-0.39, 0.29) is 5.91 Å². The van der Waals surface area contributed by atoms with Gasteiger partial charge in [0.25, 0.3) is 5.91 Å². The van der Waals surface area contributed by atoms with E-state index in [0.717, 1.165) is 65.6 Å². The molecule has 5 rings (SSSR count). The molecule has 3 heterocycles. The SMILES string of the molecule is Cn1cc(-c2ccc(Cc3[nH]nc4ccc(C(=O)N5CCCC5)cc34)cc2)cn1. The van der Waals surface area contributed by atoms with Gasteiger partial charge in [0.05, 0.1) is 11.7 Å². The van der Waals surface area contributed by atoms with Crippen molar-refractivity contribution in [2.24, 2.45) is 7.05 Å². The first-order valence-electron chi connectivity index (χ1n) is 10.0. The molecule has 1 fully saturated rings. The van der Waals surface area contributed by atoms with E-state index in [4.69, 9.17) is 0 Å². The number of hydrogen-bond donors (Lipinski definition) is 1. The lowest BCUT2D eigenvalue weighted by atomic mass is 10.0. The zero-order chi connectivity index (χ0) is 19.8. The van der Waals surface area contributed by atoms with E-state index in [9.17, 15) is 4.79 Å². The first-order valence-corrected chi connectivity index (χ1v) is 10.0.